The lowest BCUT2D eigenvalue weighted by Gasteiger charge is -2.11. The van der Waals surface area contributed by atoms with E-state index in [1.54, 1.807) is 0 Å². The Balaban J connectivity index is 1.62. The van der Waals surface area contributed by atoms with Crippen LogP contribution in [0.5, 0.6) is 0 Å². The number of carbonyl (C=O) groups is 1. The first-order chi connectivity index (χ1) is 12.6. The summed E-state index contributed by atoms with van der Waals surface area (Å²) in [6.45, 7) is 7.75. The SMILES string of the molecule is CCCn1cc(CCNC(=O)Nc2cccc(C)c2C)c2cccnc21. The van der Waals surface area contributed by atoms with Crippen LogP contribution in [0.25, 0.3) is 11.0 Å². The molecule has 2 N–H and O–H groups in total. The Labute approximate surface area is 154 Å². The van der Waals surface area contributed by atoms with Gasteiger partial charge in [0, 0.05) is 36.6 Å². The van der Waals surface area contributed by atoms with Crippen LogP contribution in [-0.4, -0.2) is 22.1 Å². The Kier molecular flexibility index (Phi) is 5.56. The molecule has 0 fully saturated rings. The van der Waals surface area contributed by atoms with Gasteiger partial charge in [0.15, 0.2) is 0 Å². The van der Waals surface area contributed by atoms with Gasteiger partial charge in [-0.15, -0.1) is 0 Å². The van der Waals surface area contributed by atoms with Crippen LogP contribution in [0.4, 0.5) is 10.5 Å². The Bertz CT molecular complexity index is 914. The monoisotopic (exact) mass is 350 g/mol. The lowest BCUT2D eigenvalue weighted by atomic mass is 10.1. The fraction of sp³-hybridized carbons (Fsp3) is 0.333. The van der Waals surface area contributed by atoms with E-state index in [9.17, 15) is 4.79 Å². The smallest absolute Gasteiger partial charge is 0.319 e. The summed E-state index contributed by atoms with van der Waals surface area (Å²) in [4.78, 5) is 16.7. The quantitative estimate of drug-likeness (QED) is 0.691. The van der Waals surface area contributed by atoms with Gasteiger partial charge in [-0.3, -0.25) is 0 Å². The minimum atomic E-state index is -0.172. The first-order valence-electron chi connectivity index (χ1n) is 9.14. The zero-order valence-electron chi connectivity index (χ0n) is 15.7. The number of hydrogen-bond acceptors (Lipinski definition) is 2. The molecule has 3 aromatic rings. The van der Waals surface area contributed by atoms with Crippen molar-refractivity contribution >= 4 is 22.8 Å². The fourth-order valence-corrected chi connectivity index (χ4v) is 3.17. The van der Waals surface area contributed by atoms with Crippen molar-refractivity contribution in [2.45, 2.75) is 40.2 Å². The molecule has 26 heavy (non-hydrogen) atoms. The van der Waals surface area contributed by atoms with E-state index in [0.29, 0.717) is 6.54 Å². The summed E-state index contributed by atoms with van der Waals surface area (Å²) >= 11 is 0. The molecular formula is C21H26N4O. The van der Waals surface area contributed by atoms with Crippen molar-refractivity contribution in [1.82, 2.24) is 14.9 Å². The molecule has 0 radical (unpaired) electrons. The standard InChI is InChI=1S/C21H26N4O/c1-4-13-25-14-17(18-8-6-11-22-20(18)25)10-12-23-21(26)24-19-9-5-7-15(2)16(19)3/h5-9,11,14H,4,10,12-13H2,1-3H3,(H2,23,24,26). The van der Waals surface area contributed by atoms with E-state index >= 15 is 0 Å². The van der Waals surface area contributed by atoms with Crippen LogP contribution in [-0.2, 0) is 13.0 Å². The molecule has 2 heterocycles. The number of nitrogens with one attached hydrogen (secondary N) is 2. The number of amides is 2. The van der Waals surface area contributed by atoms with E-state index in [4.69, 9.17) is 0 Å². The lowest BCUT2D eigenvalue weighted by molar-refractivity contribution is 0.252. The number of rotatable bonds is 6. The number of urea groups is 1. The maximum absolute atomic E-state index is 12.2. The summed E-state index contributed by atoms with van der Waals surface area (Å²) in [6, 6.07) is 9.80. The summed E-state index contributed by atoms with van der Waals surface area (Å²) in [5.41, 5.74) is 5.35. The summed E-state index contributed by atoms with van der Waals surface area (Å²) in [5, 5.41) is 7.05. The van der Waals surface area contributed by atoms with E-state index in [0.717, 1.165) is 41.7 Å². The van der Waals surface area contributed by atoms with E-state index < -0.39 is 0 Å². The molecule has 1 aromatic carbocycles. The summed E-state index contributed by atoms with van der Waals surface area (Å²) in [7, 11) is 0. The Hall–Kier alpha value is -2.82. The molecule has 5 nitrogen and oxygen atoms in total. The molecule has 5 heteroatoms. The molecule has 0 saturated carbocycles. The topological polar surface area (TPSA) is 59.0 Å². The summed E-state index contributed by atoms with van der Waals surface area (Å²) < 4.78 is 2.20. The number of aromatic nitrogens is 2. The first-order valence-corrected chi connectivity index (χ1v) is 9.14. The van der Waals surface area contributed by atoms with Crippen LogP contribution in [0.3, 0.4) is 0 Å². The molecule has 2 aromatic heterocycles. The molecule has 0 aliphatic heterocycles. The second kappa shape index (κ2) is 8.04. The van der Waals surface area contributed by atoms with Crippen molar-refractivity contribution in [2.24, 2.45) is 0 Å². The molecule has 0 bridgehead atoms. The summed E-state index contributed by atoms with van der Waals surface area (Å²) in [5.74, 6) is 0. The van der Waals surface area contributed by atoms with Gasteiger partial charge in [0.1, 0.15) is 5.65 Å². The molecule has 0 spiro atoms. The van der Waals surface area contributed by atoms with Gasteiger partial charge in [-0.1, -0.05) is 19.1 Å². The maximum Gasteiger partial charge on any atom is 0.319 e. The van der Waals surface area contributed by atoms with Gasteiger partial charge in [-0.25, -0.2) is 9.78 Å². The molecule has 136 valence electrons. The second-order valence-electron chi connectivity index (χ2n) is 6.60. The van der Waals surface area contributed by atoms with Crippen molar-refractivity contribution < 1.29 is 4.79 Å². The van der Waals surface area contributed by atoms with Crippen LogP contribution in [0.2, 0.25) is 0 Å². The van der Waals surface area contributed by atoms with Crippen molar-refractivity contribution in [3.8, 4) is 0 Å². The third-order valence-corrected chi connectivity index (χ3v) is 4.71. The van der Waals surface area contributed by atoms with Crippen LogP contribution in [0, 0.1) is 13.8 Å². The molecule has 0 aliphatic carbocycles. The maximum atomic E-state index is 12.2. The average molecular weight is 350 g/mol. The molecule has 0 unspecified atom stereocenters. The number of fused-ring (bicyclic) bond motifs is 1. The van der Waals surface area contributed by atoms with Crippen LogP contribution in [0.15, 0.2) is 42.7 Å². The molecular weight excluding hydrogens is 324 g/mol. The second-order valence-corrected chi connectivity index (χ2v) is 6.60. The third-order valence-electron chi connectivity index (χ3n) is 4.71. The Morgan fingerprint density at radius 1 is 1.19 bits per heavy atom. The van der Waals surface area contributed by atoms with E-state index in [1.165, 1.54) is 11.1 Å². The van der Waals surface area contributed by atoms with Crippen LogP contribution in [0.1, 0.15) is 30.0 Å². The minimum Gasteiger partial charge on any atom is -0.338 e. The number of aryl methyl sites for hydroxylation is 2. The van der Waals surface area contributed by atoms with E-state index in [-0.39, 0.29) is 6.03 Å². The number of carbonyl (C=O) groups excluding carboxylic acids is 1. The van der Waals surface area contributed by atoms with Crippen LogP contribution >= 0.6 is 0 Å². The highest BCUT2D eigenvalue weighted by atomic mass is 16.2. The lowest BCUT2D eigenvalue weighted by Crippen LogP contribution is -2.30. The van der Waals surface area contributed by atoms with E-state index in [1.807, 2.05) is 44.3 Å². The normalized spacial score (nSPS) is 10.9. The Morgan fingerprint density at radius 3 is 2.85 bits per heavy atom. The summed E-state index contributed by atoms with van der Waals surface area (Å²) in [6.07, 6.45) is 5.83. The van der Waals surface area contributed by atoms with Crippen molar-refractivity contribution in [3.63, 3.8) is 0 Å². The number of hydrogen-bond donors (Lipinski definition) is 2. The highest BCUT2D eigenvalue weighted by Crippen LogP contribution is 2.20. The van der Waals surface area contributed by atoms with Gasteiger partial charge in [0.05, 0.1) is 0 Å². The zero-order valence-corrected chi connectivity index (χ0v) is 15.7. The van der Waals surface area contributed by atoms with Crippen molar-refractivity contribution in [1.29, 1.82) is 0 Å². The molecule has 2 amide bonds. The average Bonchev–Trinajstić information content (AvgIpc) is 2.98. The fourth-order valence-electron chi connectivity index (χ4n) is 3.17. The predicted octanol–water partition coefficient (Wildman–Crippen LogP) is 4.43. The van der Waals surface area contributed by atoms with Gasteiger partial charge in [0.2, 0.25) is 0 Å². The first kappa shape index (κ1) is 18.0. The van der Waals surface area contributed by atoms with Gasteiger partial charge in [-0.2, -0.15) is 0 Å². The van der Waals surface area contributed by atoms with E-state index in [2.05, 4.69) is 39.4 Å². The Morgan fingerprint density at radius 2 is 2.04 bits per heavy atom. The highest BCUT2D eigenvalue weighted by molar-refractivity contribution is 5.90. The van der Waals surface area contributed by atoms with Crippen molar-refractivity contribution in [2.75, 3.05) is 11.9 Å². The predicted molar refractivity (Wildman–Crippen MR) is 107 cm³/mol. The van der Waals surface area contributed by atoms with Gasteiger partial charge in [0.25, 0.3) is 0 Å². The van der Waals surface area contributed by atoms with Gasteiger partial charge in [-0.05, 0) is 61.6 Å². The number of pyridine rings is 1. The van der Waals surface area contributed by atoms with Gasteiger partial charge >= 0.3 is 6.03 Å². The largest absolute Gasteiger partial charge is 0.338 e. The minimum absolute atomic E-state index is 0.172. The van der Waals surface area contributed by atoms with Crippen molar-refractivity contribution in [3.05, 3.63) is 59.4 Å². The third kappa shape index (κ3) is 3.87. The highest BCUT2D eigenvalue weighted by Gasteiger charge is 2.10. The molecule has 0 aliphatic rings. The number of nitrogens with zero attached hydrogens (tertiary/aromatic N) is 2. The molecule has 3 rings (SSSR count). The zero-order chi connectivity index (χ0) is 18.5. The van der Waals surface area contributed by atoms with Crippen LogP contribution < -0.4 is 10.6 Å². The van der Waals surface area contributed by atoms with Gasteiger partial charge < -0.3 is 15.2 Å². The molecule has 0 saturated heterocycles. The molecule has 0 atom stereocenters. The number of benzene rings is 1. The number of anilines is 1.